The first kappa shape index (κ1) is 15.4. The zero-order chi connectivity index (χ0) is 16.6. The SMILES string of the molecule is C=CC(=O)Nc1cc2c(cc1N1CCCCC1)n(C)c(=O)n2C. The van der Waals surface area contributed by atoms with Crippen LogP contribution in [0.3, 0.4) is 0 Å². The Bertz CT molecular complexity index is 825. The highest BCUT2D eigenvalue weighted by Gasteiger charge is 2.19. The normalized spacial score (nSPS) is 15.0. The van der Waals surface area contributed by atoms with E-state index in [0.29, 0.717) is 0 Å². The summed E-state index contributed by atoms with van der Waals surface area (Å²) in [5, 5.41) is 2.88. The summed E-state index contributed by atoms with van der Waals surface area (Å²) in [6.07, 6.45) is 4.77. The van der Waals surface area contributed by atoms with Crippen LogP contribution >= 0.6 is 0 Å². The van der Waals surface area contributed by atoms with E-state index in [1.165, 1.54) is 12.5 Å². The predicted octanol–water partition coefficient (Wildman–Crippen LogP) is 1.99. The van der Waals surface area contributed by atoms with Crippen LogP contribution in [0.25, 0.3) is 11.0 Å². The molecule has 0 aliphatic carbocycles. The van der Waals surface area contributed by atoms with E-state index in [0.717, 1.165) is 48.3 Å². The number of imidazole rings is 1. The van der Waals surface area contributed by atoms with Crippen molar-refractivity contribution in [1.82, 2.24) is 9.13 Å². The molecule has 0 bridgehead atoms. The Hall–Kier alpha value is -2.50. The fraction of sp³-hybridized carbons (Fsp3) is 0.412. The van der Waals surface area contributed by atoms with Gasteiger partial charge in [0.05, 0.1) is 22.4 Å². The monoisotopic (exact) mass is 314 g/mol. The number of anilines is 2. The van der Waals surface area contributed by atoms with Crippen molar-refractivity contribution in [3.05, 3.63) is 35.3 Å². The average molecular weight is 314 g/mol. The fourth-order valence-electron chi connectivity index (χ4n) is 3.21. The first-order valence-corrected chi connectivity index (χ1v) is 7.90. The Balaban J connectivity index is 2.19. The Labute approximate surface area is 135 Å². The average Bonchev–Trinajstić information content (AvgIpc) is 2.79. The molecule has 1 aromatic heterocycles. The molecule has 2 heterocycles. The van der Waals surface area contributed by atoms with Gasteiger partial charge in [-0.25, -0.2) is 4.79 Å². The topological polar surface area (TPSA) is 59.3 Å². The fourth-order valence-corrected chi connectivity index (χ4v) is 3.21. The Morgan fingerprint density at radius 2 is 1.74 bits per heavy atom. The van der Waals surface area contributed by atoms with Gasteiger partial charge in [-0.3, -0.25) is 13.9 Å². The molecule has 1 fully saturated rings. The van der Waals surface area contributed by atoms with Gasteiger partial charge in [0.25, 0.3) is 0 Å². The molecule has 1 amide bonds. The zero-order valence-electron chi connectivity index (χ0n) is 13.6. The first-order valence-electron chi connectivity index (χ1n) is 7.90. The molecule has 0 radical (unpaired) electrons. The van der Waals surface area contributed by atoms with Crippen molar-refractivity contribution in [2.24, 2.45) is 14.1 Å². The highest BCUT2D eigenvalue weighted by molar-refractivity contribution is 6.03. The standard InChI is InChI=1S/C17H22N4O2/c1-4-16(22)18-12-10-14-15(20(3)17(23)19(14)2)11-13(12)21-8-6-5-7-9-21/h4,10-11H,1,5-9H2,2-3H3,(H,18,22). The minimum atomic E-state index is -0.247. The third-order valence-electron chi connectivity index (χ3n) is 4.53. The number of nitrogens with zero attached hydrogens (tertiary/aromatic N) is 3. The van der Waals surface area contributed by atoms with Crippen molar-refractivity contribution in [1.29, 1.82) is 0 Å². The molecule has 0 spiro atoms. The van der Waals surface area contributed by atoms with Crippen LogP contribution in [-0.2, 0) is 18.9 Å². The summed E-state index contributed by atoms with van der Waals surface area (Å²) in [6.45, 7) is 5.44. The van der Waals surface area contributed by atoms with Gasteiger partial charge in [-0.05, 0) is 37.5 Å². The van der Waals surface area contributed by atoms with Crippen LogP contribution in [0.2, 0.25) is 0 Å². The van der Waals surface area contributed by atoms with Gasteiger partial charge in [0.1, 0.15) is 0 Å². The molecule has 3 rings (SSSR count). The maximum absolute atomic E-state index is 12.2. The second kappa shape index (κ2) is 5.95. The summed E-state index contributed by atoms with van der Waals surface area (Å²) in [5.41, 5.74) is 3.29. The Morgan fingerprint density at radius 1 is 1.13 bits per heavy atom. The van der Waals surface area contributed by atoms with E-state index >= 15 is 0 Å². The van der Waals surface area contributed by atoms with Crippen molar-refractivity contribution >= 4 is 28.3 Å². The molecule has 0 unspecified atom stereocenters. The van der Waals surface area contributed by atoms with Gasteiger partial charge in [-0.2, -0.15) is 0 Å². The number of benzene rings is 1. The highest BCUT2D eigenvalue weighted by Crippen LogP contribution is 2.32. The molecule has 1 aliphatic rings. The number of carbonyl (C=O) groups is 1. The number of aryl methyl sites for hydroxylation is 2. The van der Waals surface area contributed by atoms with Crippen molar-refractivity contribution in [2.75, 3.05) is 23.3 Å². The van der Waals surface area contributed by atoms with Crippen LogP contribution in [0, 0.1) is 0 Å². The van der Waals surface area contributed by atoms with Crippen molar-refractivity contribution < 1.29 is 4.79 Å². The summed E-state index contributed by atoms with van der Waals surface area (Å²) in [5.74, 6) is -0.247. The van der Waals surface area contributed by atoms with Crippen LogP contribution in [0.5, 0.6) is 0 Å². The lowest BCUT2D eigenvalue weighted by atomic mass is 10.1. The summed E-state index contributed by atoms with van der Waals surface area (Å²) in [7, 11) is 3.51. The number of piperidine rings is 1. The summed E-state index contributed by atoms with van der Waals surface area (Å²) in [4.78, 5) is 26.2. The van der Waals surface area contributed by atoms with Gasteiger partial charge in [-0.15, -0.1) is 0 Å². The van der Waals surface area contributed by atoms with E-state index in [1.807, 2.05) is 12.1 Å². The van der Waals surface area contributed by atoms with E-state index in [-0.39, 0.29) is 11.6 Å². The summed E-state index contributed by atoms with van der Waals surface area (Å²) in [6, 6.07) is 3.88. The van der Waals surface area contributed by atoms with Crippen molar-refractivity contribution in [3.8, 4) is 0 Å². The summed E-state index contributed by atoms with van der Waals surface area (Å²) < 4.78 is 3.24. The van der Waals surface area contributed by atoms with Gasteiger partial charge in [0.15, 0.2) is 0 Å². The van der Waals surface area contributed by atoms with E-state index in [9.17, 15) is 9.59 Å². The number of hydrogen-bond donors (Lipinski definition) is 1. The Morgan fingerprint density at radius 3 is 2.35 bits per heavy atom. The molecule has 1 aliphatic heterocycles. The van der Waals surface area contributed by atoms with E-state index in [4.69, 9.17) is 0 Å². The molecular weight excluding hydrogens is 292 g/mol. The predicted molar refractivity (Wildman–Crippen MR) is 93.1 cm³/mol. The maximum atomic E-state index is 12.2. The highest BCUT2D eigenvalue weighted by atomic mass is 16.2. The van der Waals surface area contributed by atoms with Crippen LogP contribution in [0.4, 0.5) is 11.4 Å². The second-order valence-electron chi connectivity index (χ2n) is 6.00. The van der Waals surface area contributed by atoms with Crippen molar-refractivity contribution in [3.63, 3.8) is 0 Å². The van der Waals surface area contributed by atoms with Crippen LogP contribution in [0.1, 0.15) is 19.3 Å². The second-order valence-corrected chi connectivity index (χ2v) is 6.00. The van der Waals surface area contributed by atoms with Crippen molar-refractivity contribution in [2.45, 2.75) is 19.3 Å². The molecule has 2 aromatic rings. The molecule has 1 aromatic carbocycles. The number of aromatic nitrogens is 2. The third kappa shape index (κ3) is 2.65. The van der Waals surface area contributed by atoms with E-state index in [1.54, 1.807) is 23.2 Å². The number of carbonyl (C=O) groups excluding carboxylic acids is 1. The molecule has 0 saturated carbocycles. The largest absolute Gasteiger partial charge is 0.370 e. The van der Waals surface area contributed by atoms with E-state index < -0.39 is 0 Å². The number of nitrogens with one attached hydrogen (secondary N) is 1. The number of hydrogen-bond acceptors (Lipinski definition) is 3. The number of rotatable bonds is 3. The molecule has 1 N–H and O–H groups in total. The zero-order valence-corrected chi connectivity index (χ0v) is 13.6. The lowest BCUT2D eigenvalue weighted by Crippen LogP contribution is -2.30. The molecular formula is C17H22N4O2. The molecule has 6 nitrogen and oxygen atoms in total. The number of amides is 1. The first-order chi connectivity index (χ1) is 11.0. The Kier molecular flexibility index (Phi) is 3.98. The van der Waals surface area contributed by atoms with Crippen LogP contribution < -0.4 is 15.9 Å². The quantitative estimate of drug-likeness (QED) is 0.882. The van der Waals surface area contributed by atoms with Gasteiger partial charge in [-0.1, -0.05) is 6.58 Å². The van der Waals surface area contributed by atoms with E-state index in [2.05, 4.69) is 16.8 Å². The lowest BCUT2D eigenvalue weighted by Gasteiger charge is -2.30. The maximum Gasteiger partial charge on any atom is 0.328 e. The van der Waals surface area contributed by atoms with Crippen LogP contribution in [-0.4, -0.2) is 28.1 Å². The summed E-state index contributed by atoms with van der Waals surface area (Å²) >= 11 is 0. The number of fused-ring (bicyclic) bond motifs is 1. The minimum Gasteiger partial charge on any atom is -0.370 e. The molecule has 0 atom stereocenters. The lowest BCUT2D eigenvalue weighted by molar-refractivity contribution is -0.111. The molecule has 122 valence electrons. The van der Waals surface area contributed by atoms with Gasteiger partial charge >= 0.3 is 5.69 Å². The molecule has 6 heteroatoms. The van der Waals surface area contributed by atoms with Gasteiger partial charge in [0.2, 0.25) is 5.91 Å². The van der Waals surface area contributed by atoms with Gasteiger partial charge < -0.3 is 10.2 Å². The minimum absolute atomic E-state index is 0.0724. The third-order valence-corrected chi connectivity index (χ3v) is 4.53. The molecule has 1 saturated heterocycles. The van der Waals surface area contributed by atoms with Gasteiger partial charge in [0, 0.05) is 27.2 Å². The molecule has 23 heavy (non-hydrogen) atoms. The van der Waals surface area contributed by atoms with Crippen LogP contribution in [0.15, 0.2) is 29.6 Å². The smallest absolute Gasteiger partial charge is 0.328 e.